The van der Waals surface area contributed by atoms with Crippen LogP contribution in [0.3, 0.4) is 0 Å². The zero-order valence-electron chi connectivity index (χ0n) is 18.8. The van der Waals surface area contributed by atoms with Gasteiger partial charge in [-0.3, -0.25) is 13.9 Å². The number of sulfonamides is 1. The van der Waals surface area contributed by atoms with Crippen LogP contribution in [0.2, 0.25) is 0 Å². The van der Waals surface area contributed by atoms with Gasteiger partial charge in [0, 0.05) is 18.1 Å². The van der Waals surface area contributed by atoms with Gasteiger partial charge in [-0.05, 0) is 49.1 Å². The van der Waals surface area contributed by atoms with Crippen molar-refractivity contribution in [1.29, 1.82) is 0 Å². The van der Waals surface area contributed by atoms with Crippen molar-refractivity contribution in [2.75, 3.05) is 30.7 Å². The third-order valence-corrected chi connectivity index (χ3v) is 7.26. The number of nitrogens with one attached hydrogen (secondary N) is 1. The van der Waals surface area contributed by atoms with Crippen molar-refractivity contribution in [3.63, 3.8) is 0 Å². The minimum Gasteiger partial charge on any atom is -0.357 e. The summed E-state index contributed by atoms with van der Waals surface area (Å²) in [7, 11) is -2.21. The molecule has 174 valence electrons. The van der Waals surface area contributed by atoms with E-state index in [-0.39, 0.29) is 12.5 Å². The van der Waals surface area contributed by atoms with Crippen LogP contribution in [0.25, 0.3) is 0 Å². The van der Waals surface area contributed by atoms with Crippen molar-refractivity contribution < 1.29 is 18.0 Å². The standard InChI is InChI=1S/C23H30BrN3O4S/c1-5-21(23(29)25-3)26(14-13-18-9-7-6-8-10-18)22(28)16-27(32(4,30)31)19-11-12-20(24)17(2)15-19/h6-12,15,21H,5,13-14,16H2,1-4H3,(H,25,29)/t21-/m1/s1. The Labute approximate surface area is 199 Å². The minimum atomic E-state index is -3.73. The molecule has 2 amide bonds. The zero-order valence-corrected chi connectivity index (χ0v) is 21.2. The first kappa shape index (κ1) is 25.9. The third-order valence-electron chi connectivity index (χ3n) is 5.23. The van der Waals surface area contributed by atoms with Crippen LogP contribution in [0.1, 0.15) is 24.5 Å². The Bertz CT molecular complexity index is 1040. The second-order valence-corrected chi connectivity index (χ2v) is 10.3. The summed E-state index contributed by atoms with van der Waals surface area (Å²) in [5, 5.41) is 2.61. The highest BCUT2D eigenvalue weighted by Crippen LogP contribution is 2.25. The second-order valence-electron chi connectivity index (χ2n) is 7.56. The predicted octanol–water partition coefficient (Wildman–Crippen LogP) is 3.12. The van der Waals surface area contributed by atoms with Crippen LogP contribution < -0.4 is 9.62 Å². The topological polar surface area (TPSA) is 86.8 Å². The summed E-state index contributed by atoms with van der Waals surface area (Å²) < 4.78 is 27.0. The number of benzene rings is 2. The van der Waals surface area contributed by atoms with Crippen LogP contribution >= 0.6 is 15.9 Å². The Hall–Kier alpha value is -2.39. The lowest BCUT2D eigenvalue weighted by Crippen LogP contribution is -2.52. The minimum absolute atomic E-state index is 0.278. The van der Waals surface area contributed by atoms with Gasteiger partial charge in [-0.1, -0.05) is 53.2 Å². The monoisotopic (exact) mass is 523 g/mol. The maximum absolute atomic E-state index is 13.4. The van der Waals surface area contributed by atoms with E-state index in [0.29, 0.717) is 25.1 Å². The average molecular weight is 524 g/mol. The van der Waals surface area contributed by atoms with E-state index < -0.39 is 22.0 Å². The summed E-state index contributed by atoms with van der Waals surface area (Å²) >= 11 is 3.41. The summed E-state index contributed by atoms with van der Waals surface area (Å²) in [6.45, 7) is 3.59. The molecule has 9 heteroatoms. The first-order valence-corrected chi connectivity index (χ1v) is 13.0. The maximum Gasteiger partial charge on any atom is 0.244 e. The number of likely N-dealkylation sites (N-methyl/N-ethyl adjacent to an activating group) is 1. The van der Waals surface area contributed by atoms with Crippen LogP contribution in [0, 0.1) is 6.92 Å². The van der Waals surface area contributed by atoms with Crippen LogP contribution in [-0.4, -0.2) is 57.6 Å². The van der Waals surface area contributed by atoms with Gasteiger partial charge in [-0.25, -0.2) is 8.42 Å². The fourth-order valence-corrected chi connectivity index (χ4v) is 4.55. The van der Waals surface area contributed by atoms with Gasteiger partial charge in [-0.15, -0.1) is 0 Å². The summed E-state index contributed by atoms with van der Waals surface area (Å²) in [6.07, 6.45) is 2.04. The highest BCUT2D eigenvalue weighted by atomic mass is 79.9. The van der Waals surface area contributed by atoms with Crippen LogP contribution in [0.15, 0.2) is 53.0 Å². The molecule has 2 aromatic rings. The van der Waals surface area contributed by atoms with Gasteiger partial charge in [0.2, 0.25) is 21.8 Å². The van der Waals surface area contributed by atoms with E-state index in [1.54, 1.807) is 18.2 Å². The van der Waals surface area contributed by atoms with Crippen molar-refractivity contribution in [3.05, 3.63) is 64.1 Å². The molecule has 0 bridgehead atoms. The van der Waals surface area contributed by atoms with Crippen molar-refractivity contribution >= 4 is 43.5 Å². The van der Waals surface area contributed by atoms with Crippen LogP contribution in [0.4, 0.5) is 5.69 Å². The molecular formula is C23H30BrN3O4S. The lowest BCUT2D eigenvalue weighted by Gasteiger charge is -2.32. The fourth-order valence-electron chi connectivity index (χ4n) is 3.46. The summed E-state index contributed by atoms with van der Waals surface area (Å²) in [6, 6.07) is 14.1. The number of aryl methyl sites for hydroxylation is 1. The summed E-state index contributed by atoms with van der Waals surface area (Å²) in [5.41, 5.74) is 2.28. The van der Waals surface area contributed by atoms with Crippen molar-refractivity contribution in [1.82, 2.24) is 10.2 Å². The molecule has 0 heterocycles. The van der Waals surface area contributed by atoms with E-state index in [1.807, 2.05) is 44.2 Å². The van der Waals surface area contributed by atoms with E-state index >= 15 is 0 Å². The molecule has 0 aliphatic rings. The van der Waals surface area contributed by atoms with Crippen LogP contribution in [-0.2, 0) is 26.0 Å². The van der Waals surface area contributed by atoms with E-state index in [4.69, 9.17) is 0 Å². The fraction of sp³-hybridized carbons (Fsp3) is 0.391. The lowest BCUT2D eigenvalue weighted by molar-refractivity contribution is -0.139. The quantitative estimate of drug-likeness (QED) is 0.518. The predicted molar refractivity (Wildman–Crippen MR) is 131 cm³/mol. The molecule has 0 spiro atoms. The Balaban J connectivity index is 2.36. The molecule has 0 saturated carbocycles. The van der Waals surface area contributed by atoms with Gasteiger partial charge in [0.05, 0.1) is 11.9 Å². The Morgan fingerprint density at radius 2 is 1.78 bits per heavy atom. The Kier molecular flexibility index (Phi) is 9.27. The molecule has 0 radical (unpaired) electrons. The number of nitrogens with zero attached hydrogens (tertiary/aromatic N) is 2. The number of carbonyl (C=O) groups is 2. The first-order chi connectivity index (χ1) is 15.1. The Morgan fingerprint density at radius 3 is 2.31 bits per heavy atom. The number of amides is 2. The van der Waals surface area contributed by atoms with Gasteiger partial charge in [0.25, 0.3) is 0 Å². The molecule has 0 aliphatic carbocycles. The number of rotatable bonds is 10. The number of hydrogen-bond donors (Lipinski definition) is 1. The molecule has 0 aromatic heterocycles. The number of halogens is 1. The van der Waals surface area contributed by atoms with E-state index in [2.05, 4.69) is 21.2 Å². The van der Waals surface area contributed by atoms with Gasteiger partial charge >= 0.3 is 0 Å². The normalized spacial score (nSPS) is 12.2. The lowest BCUT2D eigenvalue weighted by atomic mass is 10.1. The highest BCUT2D eigenvalue weighted by Gasteiger charge is 2.31. The number of hydrogen-bond acceptors (Lipinski definition) is 4. The number of carbonyl (C=O) groups excluding carboxylic acids is 2. The highest BCUT2D eigenvalue weighted by molar-refractivity contribution is 9.10. The van der Waals surface area contributed by atoms with E-state index in [1.165, 1.54) is 11.9 Å². The zero-order chi connectivity index (χ0) is 23.9. The molecule has 1 atom stereocenters. The van der Waals surface area contributed by atoms with E-state index in [9.17, 15) is 18.0 Å². The van der Waals surface area contributed by atoms with Gasteiger partial charge in [0.1, 0.15) is 12.6 Å². The Morgan fingerprint density at radius 1 is 1.12 bits per heavy atom. The van der Waals surface area contributed by atoms with Crippen LogP contribution in [0.5, 0.6) is 0 Å². The molecule has 0 aliphatic heterocycles. The molecule has 32 heavy (non-hydrogen) atoms. The third kappa shape index (κ3) is 6.80. The summed E-state index contributed by atoms with van der Waals surface area (Å²) in [4.78, 5) is 27.4. The molecular weight excluding hydrogens is 494 g/mol. The largest absolute Gasteiger partial charge is 0.357 e. The molecule has 1 N–H and O–H groups in total. The molecule has 2 rings (SSSR count). The molecule has 0 saturated heterocycles. The van der Waals surface area contributed by atoms with Gasteiger partial charge in [-0.2, -0.15) is 0 Å². The average Bonchev–Trinajstić information content (AvgIpc) is 2.76. The van der Waals surface area contributed by atoms with Gasteiger partial charge < -0.3 is 10.2 Å². The maximum atomic E-state index is 13.4. The SMILES string of the molecule is CC[C@H](C(=O)NC)N(CCc1ccccc1)C(=O)CN(c1ccc(Br)c(C)c1)S(C)(=O)=O. The molecule has 2 aromatic carbocycles. The van der Waals surface area contributed by atoms with Crippen molar-refractivity contribution in [2.24, 2.45) is 0 Å². The molecule has 0 unspecified atom stereocenters. The second kappa shape index (κ2) is 11.5. The molecule has 7 nitrogen and oxygen atoms in total. The van der Waals surface area contributed by atoms with E-state index in [0.717, 1.165) is 26.2 Å². The first-order valence-electron chi connectivity index (χ1n) is 10.4. The van der Waals surface area contributed by atoms with Gasteiger partial charge in [0.15, 0.2) is 0 Å². The van der Waals surface area contributed by atoms with Crippen molar-refractivity contribution in [3.8, 4) is 0 Å². The molecule has 0 fully saturated rings. The number of anilines is 1. The summed E-state index contributed by atoms with van der Waals surface area (Å²) in [5.74, 6) is -0.707. The smallest absolute Gasteiger partial charge is 0.244 e. The van der Waals surface area contributed by atoms with Crippen molar-refractivity contribution in [2.45, 2.75) is 32.7 Å².